The summed E-state index contributed by atoms with van der Waals surface area (Å²) in [6, 6.07) is 5.01. The van der Waals surface area contributed by atoms with Crippen LogP contribution < -0.4 is 11.1 Å². The Balaban J connectivity index is 2.91. The molecule has 0 saturated heterocycles. The molecule has 0 fully saturated rings. The number of anilines is 1. The van der Waals surface area contributed by atoms with Gasteiger partial charge in [0.1, 0.15) is 5.41 Å². The number of hydrogen-bond acceptors (Lipinski definition) is 3. The highest BCUT2D eigenvalue weighted by Gasteiger charge is 2.32. The average molecular weight is 335 g/mol. The second kappa shape index (κ2) is 5.58. The SMILES string of the molecule is CC(C)(C(=O)Nc1ccc(Br)c(Cl)c1)/C(N)=N/O. The molecule has 0 spiro atoms. The smallest absolute Gasteiger partial charge is 0.237 e. The van der Waals surface area contributed by atoms with Crippen LogP contribution in [0.15, 0.2) is 27.8 Å². The predicted octanol–water partition coefficient (Wildman–Crippen LogP) is 2.81. The van der Waals surface area contributed by atoms with E-state index in [0.29, 0.717) is 10.7 Å². The fourth-order valence-corrected chi connectivity index (χ4v) is 1.53. The highest BCUT2D eigenvalue weighted by molar-refractivity contribution is 9.10. The molecule has 0 unspecified atom stereocenters. The molecule has 1 aromatic rings. The van der Waals surface area contributed by atoms with Crippen molar-refractivity contribution in [2.45, 2.75) is 13.8 Å². The predicted molar refractivity (Wildman–Crippen MR) is 75.0 cm³/mol. The maximum absolute atomic E-state index is 12.0. The molecule has 0 saturated carbocycles. The lowest BCUT2D eigenvalue weighted by molar-refractivity contribution is -0.121. The van der Waals surface area contributed by atoms with Gasteiger partial charge in [0.15, 0.2) is 5.84 Å². The van der Waals surface area contributed by atoms with Crippen LogP contribution in [-0.2, 0) is 4.79 Å². The number of halogens is 2. The highest BCUT2D eigenvalue weighted by Crippen LogP contribution is 2.26. The number of carbonyl (C=O) groups excluding carboxylic acids is 1. The van der Waals surface area contributed by atoms with E-state index in [9.17, 15) is 4.79 Å². The van der Waals surface area contributed by atoms with E-state index in [1.54, 1.807) is 32.0 Å². The van der Waals surface area contributed by atoms with E-state index in [1.165, 1.54) is 0 Å². The number of nitrogens with one attached hydrogen (secondary N) is 1. The van der Waals surface area contributed by atoms with Crippen molar-refractivity contribution in [1.82, 2.24) is 0 Å². The lowest BCUT2D eigenvalue weighted by atomic mass is 9.91. The lowest BCUT2D eigenvalue weighted by Crippen LogP contribution is -2.42. The lowest BCUT2D eigenvalue weighted by Gasteiger charge is -2.21. The van der Waals surface area contributed by atoms with Gasteiger partial charge in [-0.15, -0.1) is 0 Å². The third-order valence-electron chi connectivity index (χ3n) is 2.49. The first-order valence-electron chi connectivity index (χ1n) is 5.03. The van der Waals surface area contributed by atoms with Gasteiger partial charge in [0.25, 0.3) is 0 Å². The van der Waals surface area contributed by atoms with Gasteiger partial charge in [-0.2, -0.15) is 0 Å². The third kappa shape index (κ3) is 3.14. The summed E-state index contributed by atoms with van der Waals surface area (Å²) in [6.45, 7) is 3.11. The van der Waals surface area contributed by atoms with Crippen LogP contribution >= 0.6 is 27.5 Å². The summed E-state index contributed by atoms with van der Waals surface area (Å²) >= 11 is 9.17. The molecule has 0 heterocycles. The summed E-state index contributed by atoms with van der Waals surface area (Å²) in [4.78, 5) is 12.0. The number of rotatable bonds is 3. The first-order valence-corrected chi connectivity index (χ1v) is 6.20. The molecule has 0 aliphatic rings. The molecule has 4 N–H and O–H groups in total. The van der Waals surface area contributed by atoms with E-state index >= 15 is 0 Å². The van der Waals surface area contributed by atoms with Crippen molar-refractivity contribution >= 4 is 45.0 Å². The molecule has 18 heavy (non-hydrogen) atoms. The van der Waals surface area contributed by atoms with Gasteiger partial charge < -0.3 is 16.3 Å². The Labute approximate surface area is 118 Å². The molecule has 0 bridgehead atoms. The van der Waals surface area contributed by atoms with Crippen LogP contribution in [0.25, 0.3) is 0 Å². The Hall–Kier alpha value is -1.27. The van der Waals surface area contributed by atoms with E-state index in [-0.39, 0.29) is 5.84 Å². The van der Waals surface area contributed by atoms with Crippen molar-refractivity contribution in [3.8, 4) is 0 Å². The van der Waals surface area contributed by atoms with Crippen molar-refractivity contribution < 1.29 is 10.0 Å². The van der Waals surface area contributed by atoms with Crippen LogP contribution in [0.3, 0.4) is 0 Å². The maximum Gasteiger partial charge on any atom is 0.237 e. The zero-order valence-electron chi connectivity index (χ0n) is 9.87. The fourth-order valence-electron chi connectivity index (χ4n) is 1.10. The minimum Gasteiger partial charge on any atom is -0.409 e. The average Bonchev–Trinajstić information content (AvgIpc) is 2.32. The largest absolute Gasteiger partial charge is 0.409 e. The first-order chi connectivity index (χ1) is 8.28. The summed E-state index contributed by atoms with van der Waals surface area (Å²) in [5.41, 5.74) is 4.88. The van der Waals surface area contributed by atoms with E-state index in [0.717, 1.165) is 4.47 Å². The molecule has 1 rings (SSSR count). The zero-order chi connectivity index (χ0) is 13.9. The molecule has 5 nitrogen and oxygen atoms in total. The Morgan fingerprint density at radius 3 is 2.67 bits per heavy atom. The molecule has 0 radical (unpaired) electrons. The summed E-state index contributed by atoms with van der Waals surface area (Å²) in [7, 11) is 0. The number of carbonyl (C=O) groups is 1. The molecule has 0 aliphatic carbocycles. The van der Waals surface area contributed by atoms with Gasteiger partial charge in [0, 0.05) is 10.2 Å². The van der Waals surface area contributed by atoms with E-state index in [1.807, 2.05) is 0 Å². The van der Waals surface area contributed by atoms with Crippen molar-refractivity contribution in [3.05, 3.63) is 27.7 Å². The van der Waals surface area contributed by atoms with E-state index < -0.39 is 11.3 Å². The molecule has 1 aromatic carbocycles. The van der Waals surface area contributed by atoms with E-state index in [2.05, 4.69) is 26.4 Å². The van der Waals surface area contributed by atoms with Gasteiger partial charge in [0.2, 0.25) is 5.91 Å². The minimum absolute atomic E-state index is 0.164. The quantitative estimate of drug-likeness (QED) is 0.344. The number of nitrogens with zero attached hydrogens (tertiary/aromatic N) is 1. The second-order valence-electron chi connectivity index (χ2n) is 4.19. The Morgan fingerprint density at radius 2 is 2.17 bits per heavy atom. The summed E-state index contributed by atoms with van der Waals surface area (Å²) in [5, 5.41) is 14.6. The van der Waals surface area contributed by atoms with Crippen LogP contribution in [0, 0.1) is 5.41 Å². The molecule has 0 atom stereocenters. The molecule has 98 valence electrons. The van der Waals surface area contributed by atoms with Crippen LogP contribution in [0.2, 0.25) is 5.02 Å². The fraction of sp³-hybridized carbons (Fsp3) is 0.273. The topological polar surface area (TPSA) is 87.7 Å². The summed E-state index contributed by atoms with van der Waals surface area (Å²) < 4.78 is 0.734. The van der Waals surface area contributed by atoms with Gasteiger partial charge >= 0.3 is 0 Å². The molecule has 0 aliphatic heterocycles. The maximum atomic E-state index is 12.0. The van der Waals surface area contributed by atoms with Crippen molar-refractivity contribution in [1.29, 1.82) is 0 Å². The van der Waals surface area contributed by atoms with Crippen LogP contribution in [0.4, 0.5) is 5.69 Å². The minimum atomic E-state index is -1.12. The molecule has 0 aromatic heterocycles. The number of amidine groups is 1. The summed E-state index contributed by atoms with van der Waals surface area (Å²) in [6.07, 6.45) is 0. The normalized spacial score (nSPS) is 12.3. The Morgan fingerprint density at radius 1 is 1.56 bits per heavy atom. The zero-order valence-corrected chi connectivity index (χ0v) is 12.2. The number of oxime groups is 1. The van der Waals surface area contributed by atoms with Crippen LogP contribution in [0.1, 0.15) is 13.8 Å². The van der Waals surface area contributed by atoms with Crippen molar-refractivity contribution in [2.24, 2.45) is 16.3 Å². The standard InChI is InChI=1S/C11H13BrClN3O2/c1-11(2,9(14)16-18)10(17)15-6-3-4-7(12)8(13)5-6/h3-5,18H,1-2H3,(H2,14,16)(H,15,17). The molecular formula is C11H13BrClN3O2. The number of amides is 1. The van der Waals surface area contributed by atoms with Gasteiger partial charge in [-0.05, 0) is 48.0 Å². The molecule has 7 heteroatoms. The second-order valence-corrected chi connectivity index (χ2v) is 5.45. The van der Waals surface area contributed by atoms with Gasteiger partial charge in [-0.3, -0.25) is 4.79 Å². The van der Waals surface area contributed by atoms with Crippen LogP contribution in [-0.4, -0.2) is 17.0 Å². The van der Waals surface area contributed by atoms with Crippen LogP contribution in [0.5, 0.6) is 0 Å². The third-order valence-corrected chi connectivity index (χ3v) is 3.73. The monoisotopic (exact) mass is 333 g/mol. The van der Waals surface area contributed by atoms with Crippen molar-refractivity contribution in [2.75, 3.05) is 5.32 Å². The molecule has 1 amide bonds. The van der Waals surface area contributed by atoms with Crippen molar-refractivity contribution in [3.63, 3.8) is 0 Å². The highest BCUT2D eigenvalue weighted by atomic mass is 79.9. The number of nitrogens with two attached hydrogens (primary N) is 1. The number of hydrogen-bond donors (Lipinski definition) is 3. The Bertz CT molecular complexity index is 503. The van der Waals surface area contributed by atoms with E-state index in [4.69, 9.17) is 22.5 Å². The number of benzene rings is 1. The Kier molecular flexibility index (Phi) is 4.59. The van der Waals surface area contributed by atoms with Gasteiger partial charge in [0.05, 0.1) is 5.02 Å². The van der Waals surface area contributed by atoms with Gasteiger partial charge in [-0.1, -0.05) is 16.8 Å². The first kappa shape index (κ1) is 14.8. The summed E-state index contributed by atoms with van der Waals surface area (Å²) in [5.74, 6) is -0.556. The molecular weight excluding hydrogens is 321 g/mol. The van der Waals surface area contributed by atoms with Gasteiger partial charge in [-0.25, -0.2) is 0 Å².